The van der Waals surface area contributed by atoms with E-state index in [-0.39, 0.29) is 0 Å². The lowest BCUT2D eigenvalue weighted by atomic mass is 9.85. The Morgan fingerprint density at radius 3 is 2.59 bits per heavy atom. The molecule has 1 unspecified atom stereocenters. The summed E-state index contributed by atoms with van der Waals surface area (Å²) in [4.78, 5) is 4.52. The Balaban J connectivity index is 2.48. The highest BCUT2D eigenvalue weighted by Crippen LogP contribution is 2.35. The summed E-state index contributed by atoms with van der Waals surface area (Å²) >= 11 is 0. The fourth-order valence-electron chi connectivity index (χ4n) is 2.33. The van der Waals surface area contributed by atoms with Crippen LogP contribution in [-0.2, 0) is 14.2 Å². The number of rotatable bonds is 3. The van der Waals surface area contributed by atoms with Crippen molar-refractivity contribution in [3.05, 3.63) is 23.5 Å². The monoisotopic (exact) mass is 237 g/mol. The Hall–Kier alpha value is -1.13. The van der Waals surface area contributed by atoms with Crippen LogP contribution in [0.2, 0.25) is 0 Å². The fourth-order valence-corrected chi connectivity index (χ4v) is 2.33. The summed E-state index contributed by atoms with van der Waals surface area (Å²) in [5, 5.41) is 0. The first kappa shape index (κ1) is 12.3. The summed E-state index contributed by atoms with van der Waals surface area (Å²) in [5.41, 5.74) is 2.17. The van der Waals surface area contributed by atoms with E-state index in [1.807, 2.05) is 12.2 Å². The van der Waals surface area contributed by atoms with Gasteiger partial charge in [-0.1, -0.05) is 6.92 Å². The molecule has 17 heavy (non-hydrogen) atoms. The molecule has 4 heteroatoms. The van der Waals surface area contributed by atoms with Crippen LogP contribution in [0.1, 0.15) is 13.3 Å². The molecule has 94 valence electrons. The Morgan fingerprint density at radius 1 is 1.29 bits per heavy atom. The van der Waals surface area contributed by atoms with Crippen LogP contribution in [0.25, 0.3) is 0 Å². The van der Waals surface area contributed by atoms with Gasteiger partial charge in [0.05, 0.1) is 12.8 Å². The molecule has 0 radical (unpaired) electrons. The second kappa shape index (κ2) is 4.63. The van der Waals surface area contributed by atoms with E-state index in [9.17, 15) is 0 Å². The Morgan fingerprint density at radius 2 is 2.00 bits per heavy atom. The minimum atomic E-state index is -0.908. The van der Waals surface area contributed by atoms with Gasteiger partial charge in [-0.2, -0.15) is 0 Å². The quantitative estimate of drug-likeness (QED) is 0.704. The summed E-state index contributed by atoms with van der Waals surface area (Å²) in [7, 11) is 4.84. The lowest BCUT2D eigenvalue weighted by Crippen LogP contribution is -2.39. The highest BCUT2D eigenvalue weighted by molar-refractivity contribution is 6.10. The van der Waals surface area contributed by atoms with Crippen LogP contribution >= 0.6 is 0 Å². The molecule has 1 heterocycles. The van der Waals surface area contributed by atoms with Gasteiger partial charge in [0, 0.05) is 26.8 Å². The molecule has 2 aliphatic rings. The fraction of sp³-hybridized carbons (Fsp3) is 0.615. The van der Waals surface area contributed by atoms with Crippen LogP contribution in [0.5, 0.6) is 0 Å². The Labute approximate surface area is 102 Å². The van der Waals surface area contributed by atoms with Gasteiger partial charge in [0.15, 0.2) is 5.76 Å². The van der Waals surface area contributed by atoms with Gasteiger partial charge in [-0.25, -0.2) is 0 Å². The molecule has 0 amide bonds. The third kappa shape index (κ3) is 1.91. The topological polar surface area (TPSA) is 40.0 Å². The first-order valence-corrected chi connectivity index (χ1v) is 5.81. The standard InChI is InChI=1S/C13H19NO3/c1-9-5-6-14-11-7-12(15-2)13(16-3,17-4)8-10(9)11/h7-9H,5-6H2,1-4H3. The number of methoxy groups -OCH3 is 3. The van der Waals surface area contributed by atoms with Crippen LogP contribution in [-0.4, -0.2) is 39.4 Å². The SMILES string of the molecule is COC1=CC2=NCCC(C)C2=CC1(OC)OC. The number of ether oxygens (including phenoxy) is 3. The van der Waals surface area contributed by atoms with Gasteiger partial charge >= 0.3 is 0 Å². The van der Waals surface area contributed by atoms with Crippen molar-refractivity contribution in [2.24, 2.45) is 10.9 Å². The smallest absolute Gasteiger partial charge is 0.248 e. The lowest BCUT2D eigenvalue weighted by Gasteiger charge is -2.35. The van der Waals surface area contributed by atoms with Crippen molar-refractivity contribution in [1.82, 2.24) is 0 Å². The zero-order valence-electron chi connectivity index (χ0n) is 10.8. The molecule has 1 aliphatic carbocycles. The minimum Gasteiger partial charge on any atom is -0.495 e. The predicted molar refractivity (Wildman–Crippen MR) is 66.0 cm³/mol. The van der Waals surface area contributed by atoms with Gasteiger partial charge in [0.1, 0.15) is 0 Å². The van der Waals surface area contributed by atoms with Crippen LogP contribution in [0.15, 0.2) is 28.5 Å². The van der Waals surface area contributed by atoms with Crippen LogP contribution < -0.4 is 0 Å². The van der Waals surface area contributed by atoms with Crippen molar-refractivity contribution < 1.29 is 14.2 Å². The molecule has 0 aromatic rings. The molecule has 1 atom stereocenters. The van der Waals surface area contributed by atoms with Gasteiger partial charge in [0.2, 0.25) is 5.79 Å². The van der Waals surface area contributed by atoms with Crippen molar-refractivity contribution in [1.29, 1.82) is 0 Å². The largest absolute Gasteiger partial charge is 0.495 e. The van der Waals surface area contributed by atoms with E-state index in [1.165, 1.54) is 5.57 Å². The van der Waals surface area contributed by atoms with Crippen molar-refractivity contribution in [2.45, 2.75) is 19.1 Å². The zero-order valence-corrected chi connectivity index (χ0v) is 10.8. The highest BCUT2D eigenvalue weighted by Gasteiger charge is 2.39. The van der Waals surface area contributed by atoms with Gasteiger partial charge in [-0.3, -0.25) is 4.99 Å². The molecular weight excluding hydrogens is 218 g/mol. The average Bonchev–Trinajstić information content (AvgIpc) is 2.38. The molecule has 0 spiro atoms. The van der Waals surface area contributed by atoms with E-state index in [1.54, 1.807) is 21.3 Å². The molecule has 2 rings (SSSR count). The van der Waals surface area contributed by atoms with Gasteiger partial charge in [0.25, 0.3) is 0 Å². The number of nitrogens with zero attached hydrogens (tertiary/aromatic N) is 1. The molecule has 0 bridgehead atoms. The molecule has 0 aromatic heterocycles. The maximum Gasteiger partial charge on any atom is 0.248 e. The van der Waals surface area contributed by atoms with Crippen molar-refractivity contribution in [3.8, 4) is 0 Å². The van der Waals surface area contributed by atoms with E-state index in [2.05, 4.69) is 11.9 Å². The average molecular weight is 237 g/mol. The number of aliphatic imine (C=N–C) groups is 1. The number of hydrogen-bond acceptors (Lipinski definition) is 4. The van der Waals surface area contributed by atoms with E-state index in [4.69, 9.17) is 14.2 Å². The summed E-state index contributed by atoms with van der Waals surface area (Å²) < 4.78 is 16.3. The molecule has 0 saturated heterocycles. The van der Waals surface area contributed by atoms with Crippen LogP contribution in [0.3, 0.4) is 0 Å². The maximum absolute atomic E-state index is 5.48. The molecule has 4 nitrogen and oxygen atoms in total. The molecule has 0 N–H and O–H groups in total. The minimum absolute atomic E-state index is 0.474. The zero-order chi connectivity index (χ0) is 12.5. The van der Waals surface area contributed by atoms with Gasteiger partial charge < -0.3 is 14.2 Å². The van der Waals surface area contributed by atoms with E-state index >= 15 is 0 Å². The number of fused-ring (bicyclic) bond motifs is 1. The molecule has 0 fully saturated rings. The van der Waals surface area contributed by atoms with Crippen molar-refractivity contribution in [2.75, 3.05) is 27.9 Å². The first-order valence-electron chi connectivity index (χ1n) is 5.81. The third-order valence-corrected chi connectivity index (χ3v) is 3.45. The number of allylic oxidation sites excluding steroid dienone is 2. The summed E-state index contributed by atoms with van der Waals surface area (Å²) in [6.45, 7) is 3.07. The molecule has 0 aromatic carbocycles. The Bertz CT molecular complexity index is 391. The molecule has 0 saturated carbocycles. The predicted octanol–water partition coefficient (Wildman–Crippen LogP) is 1.93. The maximum atomic E-state index is 5.48. The van der Waals surface area contributed by atoms with Crippen LogP contribution in [0.4, 0.5) is 0 Å². The highest BCUT2D eigenvalue weighted by atomic mass is 16.7. The second-order valence-electron chi connectivity index (χ2n) is 4.34. The normalized spacial score (nSPS) is 26.6. The molecule has 1 aliphatic heterocycles. The summed E-state index contributed by atoms with van der Waals surface area (Å²) in [6, 6.07) is 0. The molecular formula is C13H19NO3. The summed E-state index contributed by atoms with van der Waals surface area (Å²) in [6.07, 6.45) is 4.96. The second-order valence-corrected chi connectivity index (χ2v) is 4.34. The first-order chi connectivity index (χ1) is 8.16. The third-order valence-electron chi connectivity index (χ3n) is 3.45. The summed E-state index contributed by atoms with van der Waals surface area (Å²) in [5.74, 6) is 0.204. The van der Waals surface area contributed by atoms with Gasteiger partial charge in [-0.15, -0.1) is 0 Å². The van der Waals surface area contributed by atoms with Crippen molar-refractivity contribution in [3.63, 3.8) is 0 Å². The van der Waals surface area contributed by atoms with Gasteiger partial charge in [-0.05, 0) is 24.0 Å². The van der Waals surface area contributed by atoms with Crippen molar-refractivity contribution >= 4 is 5.71 Å². The van der Waals surface area contributed by atoms with E-state index in [0.29, 0.717) is 11.7 Å². The number of hydrogen-bond donors (Lipinski definition) is 0. The lowest BCUT2D eigenvalue weighted by molar-refractivity contribution is -0.166. The van der Waals surface area contributed by atoms with Crippen LogP contribution in [0, 0.1) is 5.92 Å². The van der Waals surface area contributed by atoms with E-state index < -0.39 is 5.79 Å². The van der Waals surface area contributed by atoms with E-state index in [0.717, 1.165) is 18.7 Å². The Kier molecular flexibility index (Phi) is 3.35.